The van der Waals surface area contributed by atoms with Gasteiger partial charge in [-0.05, 0) is 0 Å². The van der Waals surface area contributed by atoms with Gasteiger partial charge in [-0.1, -0.05) is 61.5 Å². The summed E-state index contributed by atoms with van der Waals surface area (Å²) in [5.41, 5.74) is 0. The molecule has 0 N–H and O–H groups in total. The van der Waals surface area contributed by atoms with Crippen LogP contribution in [0.2, 0.25) is 12.1 Å². The first-order chi connectivity index (χ1) is 5.38. The van der Waals surface area contributed by atoms with Crippen LogP contribution in [0.4, 0.5) is 0 Å². The Hall–Kier alpha value is -0.563. The highest BCUT2D eigenvalue weighted by molar-refractivity contribution is 6.73. The Kier molecular flexibility index (Phi) is 3.37. The molecule has 0 amide bonds. The van der Waals surface area contributed by atoms with E-state index in [-0.39, 0.29) is 8.80 Å². The van der Waals surface area contributed by atoms with Crippen molar-refractivity contribution in [3.8, 4) is 0 Å². The van der Waals surface area contributed by atoms with Crippen LogP contribution in [-0.2, 0) is 0 Å². The lowest BCUT2D eigenvalue weighted by Gasteiger charge is -2.08. The number of benzene rings is 1. The van der Waals surface area contributed by atoms with Crippen molar-refractivity contribution in [3.63, 3.8) is 0 Å². The van der Waals surface area contributed by atoms with Gasteiger partial charge in [0.2, 0.25) is 0 Å². The fourth-order valence-corrected chi connectivity index (χ4v) is 3.31. The second-order valence-corrected chi connectivity index (χ2v) is 5.88. The molecule has 0 aromatic heterocycles. The van der Waals surface area contributed by atoms with E-state index >= 15 is 0 Å². The smallest absolute Gasteiger partial charge is 0.0677 e. The Labute approximate surface area is 70.9 Å². The maximum absolute atomic E-state index is 2.30. The van der Waals surface area contributed by atoms with Gasteiger partial charge < -0.3 is 0 Å². The molecule has 0 nitrogen and oxygen atoms in total. The molecule has 0 unspecified atom stereocenters. The Morgan fingerprint density at radius 1 is 1.00 bits per heavy atom. The Bertz CT molecular complexity index is 189. The van der Waals surface area contributed by atoms with Crippen molar-refractivity contribution in [3.05, 3.63) is 30.3 Å². The SMILES string of the molecule is CC[Si](CC)c1ccccc1. The normalized spacial score (nSPS) is 10.5. The van der Waals surface area contributed by atoms with E-state index in [4.69, 9.17) is 0 Å². The van der Waals surface area contributed by atoms with Crippen molar-refractivity contribution in [2.24, 2.45) is 0 Å². The topological polar surface area (TPSA) is 0 Å². The van der Waals surface area contributed by atoms with Crippen molar-refractivity contribution < 1.29 is 0 Å². The standard InChI is InChI=1S/C10H15Si/c1-3-11(4-2)10-8-6-5-7-9-10/h5-9H,3-4H2,1-2H3. The van der Waals surface area contributed by atoms with Gasteiger partial charge in [-0.2, -0.15) is 0 Å². The summed E-state index contributed by atoms with van der Waals surface area (Å²) in [5, 5.41) is 1.59. The summed E-state index contributed by atoms with van der Waals surface area (Å²) in [6.45, 7) is 4.59. The lowest BCUT2D eigenvalue weighted by molar-refractivity contribution is 1.33. The van der Waals surface area contributed by atoms with Gasteiger partial charge in [-0.3, -0.25) is 0 Å². The predicted octanol–water partition coefficient (Wildman–Crippen LogP) is 2.43. The van der Waals surface area contributed by atoms with Crippen LogP contribution >= 0.6 is 0 Å². The molecule has 0 aliphatic carbocycles. The van der Waals surface area contributed by atoms with E-state index in [0.29, 0.717) is 0 Å². The minimum atomic E-state index is -0.201. The van der Waals surface area contributed by atoms with E-state index in [1.165, 1.54) is 12.1 Å². The van der Waals surface area contributed by atoms with Crippen molar-refractivity contribution in [2.45, 2.75) is 25.9 Å². The molecule has 59 valence electrons. The van der Waals surface area contributed by atoms with Crippen LogP contribution in [0.1, 0.15) is 13.8 Å². The minimum Gasteiger partial charge on any atom is -0.0677 e. The Morgan fingerprint density at radius 3 is 2.00 bits per heavy atom. The third-order valence-corrected chi connectivity index (χ3v) is 4.89. The third kappa shape index (κ3) is 2.19. The average molecular weight is 163 g/mol. The van der Waals surface area contributed by atoms with Crippen LogP contribution < -0.4 is 5.19 Å². The largest absolute Gasteiger partial charge is 0.0850 e. The zero-order valence-corrected chi connectivity index (χ0v) is 8.30. The molecule has 1 heteroatoms. The number of hydrogen-bond donors (Lipinski definition) is 0. The molecule has 0 saturated heterocycles. The molecular formula is C10H15Si. The Morgan fingerprint density at radius 2 is 1.55 bits per heavy atom. The van der Waals surface area contributed by atoms with Crippen LogP contribution in [-0.4, -0.2) is 8.80 Å². The number of hydrogen-bond acceptors (Lipinski definition) is 0. The first-order valence-electron chi connectivity index (χ1n) is 4.28. The zero-order chi connectivity index (χ0) is 8.10. The summed E-state index contributed by atoms with van der Waals surface area (Å²) in [6, 6.07) is 13.6. The molecule has 0 spiro atoms. The number of rotatable bonds is 3. The molecule has 1 rings (SSSR count). The fraction of sp³-hybridized carbons (Fsp3) is 0.400. The van der Waals surface area contributed by atoms with Crippen molar-refractivity contribution in [2.75, 3.05) is 0 Å². The van der Waals surface area contributed by atoms with Gasteiger partial charge in [0, 0.05) is 0 Å². The van der Waals surface area contributed by atoms with Crippen LogP contribution in [0.3, 0.4) is 0 Å². The van der Waals surface area contributed by atoms with E-state index in [2.05, 4.69) is 44.2 Å². The second kappa shape index (κ2) is 4.34. The van der Waals surface area contributed by atoms with E-state index in [1.807, 2.05) is 0 Å². The summed E-state index contributed by atoms with van der Waals surface area (Å²) in [4.78, 5) is 0. The molecule has 0 aliphatic heterocycles. The molecule has 11 heavy (non-hydrogen) atoms. The van der Waals surface area contributed by atoms with E-state index in [1.54, 1.807) is 5.19 Å². The predicted molar refractivity (Wildman–Crippen MR) is 52.8 cm³/mol. The molecule has 1 aromatic carbocycles. The molecule has 0 fully saturated rings. The van der Waals surface area contributed by atoms with Crippen LogP contribution in [0.5, 0.6) is 0 Å². The fourth-order valence-electron chi connectivity index (χ4n) is 1.33. The maximum atomic E-state index is 2.30. The zero-order valence-electron chi connectivity index (χ0n) is 7.30. The van der Waals surface area contributed by atoms with Crippen LogP contribution in [0.25, 0.3) is 0 Å². The van der Waals surface area contributed by atoms with Gasteiger partial charge in [0.25, 0.3) is 0 Å². The summed E-state index contributed by atoms with van der Waals surface area (Å²) < 4.78 is 0. The van der Waals surface area contributed by atoms with Crippen LogP contribution in [0.15, 0.2) is 30.3 Å². The Balaban J connectivity index is 2.74. The summed E-state index contributed by atoms with van der Waals surface area (Å²) in [6.07, 6.45) is 0. The first kappa shape index (κ1) is 8.53. The quantitative estimate of drug-likeness (QED) is 0.600. The molecule has 1 aromatic rings. The van der Waals surface area contributed by atoms with Gasteiger partial charge in [-0.15, -0.1) is 0 Å². The van der Waals surface area contributed by atoms with Gasteiger partial charge in [0.1, 0.15) is 0 Å². The van der Waals surface area contributed by atoms with Gasteiger partial charge >= 0.3 is 0 Å². The second-order valence-electron chi connectivity index (χ2n) is 2.68. The third-order valence-electron chi connectivity index (χ3n) is 2.04. The highest BCUT2D eigenvalue weighted by Gasteiger charge is 2.06. The molecule has 0 heterocycles. The molecule has 0 atom stereocenters. The molecular weight excluding hydrogens is 148 g/mol. The van der Waals surface area contributed by atoms with Crippen LogP contribution in [0, 0.1) is 0 Å². The highest BCUT2D eigenvalue weighted by Crippen LogP contribution is 1.98. The summed E-state index contributed by atoms with van der Waals surface area (Å²) in [5.74, 6) is 0. The lowest BCUT2D eigenvalue weighted by atomic mass is 10.4. The van der Waals surface area contributed by atoms with Gasteiger partial charge in [0.15, 0.2) is 0 Å². The first-order valence-corrected chi connectivity index (χ1v) is 6.20. The highest BCUT2D eigenvalue weighted by atomic mass is 28.3. The van der Waals surface area contributed by atoms with Crippen molar-refractivity contribution in [1.29, 1.82) is 0 Å². The average Bonchev–Trinajstić information content (AvgIpc) is 2.09. The van der Waals surface area contributed by atoms with Crippen molar-refractivity contribution in [1.82, 2.24) is 0 Å². The lowest BCUT2D eigenvalue weighted by Crippen LogP contribution is -2.27. The maximum Gasteiger partial charge on any atom is 0.0850 e. The molecule has 1 radical (unpaired) electrons. The van der Waals surface area contributed by atoms with E-state index in [9.17, 15) is 0 Å². The molecule has 0 aliphatic rings. The molecule has 0 saturated carbocycles. The monoisotopic (exact) mass is 163 g/mol. The molecule has 0 bridgehead atoms. The summed E-state index contributed by atoms with van der Waals surface area (Å²) >= 11 is 0. The van der Waals surface area contributed by atoms with Gasteiger partial charge in [0.05, 0.1) is 8.80 Å². The van der Waals surface area contributed by atoms with Crippen molar-refractivity contribution >= 4 is 14.0 Å². The van der Waals surface area contributed by atoms with E-state index in [0.717, 1.165) is 0 Å². The van der Waals surface area contributed by atoms with Gasteiger partial charge in [-0.25, -0.2) is 0 Å². The minimum absolute atomic E-state index is 0.201. The summed E-state index contributed by atoms with van der Waals surface area (Å²) in [7, 11) is -0.201. The van der Waals surface area contributed by atoms with E-state index < -0.39 is 0 Å².